The second-order valence-corrected chi connectivity index (χ2v) is 15.2. The molecule has 2 N–H and O–H groups in total. The molecule has 6 rings (SSSR count). The van der Waals surface area contributed by atoms with E-state index in [0.29, 0.717) is 30.9 Å². The highest BCUT2D eigenvalue weighted by Gasteiger charge is 2.44. The number of aliphatic hydroxyl groups is 1. The fourth-order valence-electron chi connectivity index (χ4n) is 7.04. The standard InChI is InChI=1S/C32H39ClN2O4S/c1-21-6-3-4-8-29(36)26-12-9-24(26)18-35-19-32(15-5-7-22-16-25(33)11-13-27(22)32)20-39-30-14-10-23(17-28(30)35)31(37)34-40(21,2)38/h3-4,10-11,13-14,16-17,21,24,26,29,36H,2,5-9,12,15,18-20H2,1H3,(H,34,37,38)/b4-3-/t21-,24+,26-,29+,32+,40?/m1/s1. The summed E-state index contributed by atoms with van der Waals surface area (Å²) in [5.74, 6) is 4.81. The number of hydrogen-bond acceptors (Lipinski definition) is 5. The first-order chi connectivity index (χ1) is 19.1. The van der Waals surface area contributed by atoms with Gasteiger partial charge in [0.1, 0.15) is 5.75 Å². The highest BCUT2D eigenvalue weighted by molar-refractivity contribution is 7.99. The number of halogens is 1. The van der Waals surface area contributed by atoms with Crippen molar-refractivity contribution in [2.45, 2.75) is 68.6 Å². The fourth-order valence-corrected chi connectivity index (χ4v) is 8.29. The fraction of sp³-hybridized carbons (Fsp3) is 0.500. The van der Waals surface area contributed by atoms with Crippen molar-refractivity contribution < 1.29 is 18.8 Å². The molecule has 2 aliphatic carbocycles. The van der Waals surface area contributed by atoms with Crippen LogP contribution in [0.3, 0.4) is 0 Å². The first-order valence-corrected chi connectivity index (χ1v) is 16.6. The molecular formula is C32H39ClN2O4S. The molecule has 0 aromatic heterocycles. The second-order valence-electron chi connectivity index (χ2n) is 12.3. The van der Waals surface area contributed by atoms with Crippen LogP contribution in [0.2, 0.25) is 5.02 Å². The van der Waals surface area contributed by atoms with Gasteiger partial charge in [0.2, 0.25) is 0 Å². The van der Waals surface area contributed by atoms with Gasteiger partial charge in [-0.05, 0) is 111 Å². The van der Waals surface area contributed by atoms with Crippen LogP contribution in [0.5, 0.6) is 5.75 Å². The van der Waals surface area contributed by atoms with Crippen molar-refractivity contribution in [2.24, 2.45) is 11.8 Å². The Hall–Kier alpha value is -2.48. The van der Waals surface area contributed by atoms with E-state index in [2.05, 4.69) is 27.6 Å². The molecule has 1 amide bonds. The number of allylic oxidation sites excluding steroid dienone is 1. The maximum atomic E-state index is 13.4. The molecule has 2 bridgehead atoms. The lowest BCUT2D eigenvalue weighted by molar-refractivity contribution is 0.0177. The number of rotatable bonds is 0. The number of aryl methyl sites for hydroxylation is 1. The number of ether oxygens (including phenoxy) is 1. The van der Waals surface area contributed by atoms with Gasteiger partial charge in [0.25, 0.3) is 5.91 Å². The molecule has 0 radical (unpaired) electrons. The number of carbonyl (C=O) groups is 1. The van der Waals surface area contributed by atoms with E-state index in [9.17, 15) is 14.1 Å². The largest absolute Gasteiger partial charge is 0.490 e. The average molecular weight is 583 g/mol. The maximum Gasteiger partial charge on any atom is 0.262 e. The van der Waals surface area contributed by atoms with Crippen molar-refractivity contribution in [3.8, 4) is 5.75 Å². The number of fused-ring (bicyclic) bond motifs is 4. The molecule has 1 unspecified atom stereocenters. The summed E-state index contributed by atoms with van der Waals surface area (Å²) in [5, 5.41) is 11.5. The first kappa shape index (κ1) is 27.7. The van der Waals surface area contributed by atoms with Crippen LogP contribution in [0.1, 0.15) is 66.9 Å². The van der Waals surface area contributed by atoms with E-state index in [-0.39, 0.29) is 22.5 Å². The lowest BCUT2D eigenvalue weighted by atomic mass is 9.68. The van der Waals surface area contributed by atoms with Crippen LogP contribution in [-0.2, 0) is 21.5 Å². The Kier molecular flexibility index (Phi) is 7.43. The molecule has 0 saturated heterocycles. The Labute approximate surface area is 242 Å². The Morgan fingerprint density at radius 2 is 2.00 bits per heavy atom. The Morgan fingerprint density at radius 3 is 2.80 bits per heavy atom. The summed E-state index contributed by atoms with van der Waals surface area (Å²) in [6.07, 6.45) is 9.76. The van der Waals surface area contributed by atoms with E-state index in [0.717, 1.165) is 61.7 Å². The van der Waals surface area contributed by atoms with E-state index in [1.54, 1.807) is 6.07 Å². The Morgan fingerprint density at radius 1 is 1.18 bits per heavy atom. The minimum absolute atomic E-state index is 0.210. The molecule has 2 aliphatic heterocycles. The molecule has 6 nitrogen and oxygen atoms in total. The third-order valence-electron chi connectivity index (χ3n) is 9.65. The number of hydrogen-bond donors (Lipinski definition) is 2. The highest BCUT2D eigenvalue weighted by atomic mass is 35.5. The number of benzene rings is 2. The topological polar surface area (TPSA) is 78.9 Å². The molecule has 1 spiro atoms. The maximum absolute atomic E-state index is 13.4. The summed E-state index contributed by atoms with van der Waals surface area (Å²) >= 11 is 6.39. The lowest BCUT2D eigenvalue weighted by Gasteiger charge is -2.45. The summed E-state index contributed by atoms with van der Waals surface area (Å²) in [6, 6.07) is 11.7. The summed E-state index contributed by atoms with van der Waals surface area (Å²) in [5.41, 5.74) is 3.68. The molecule has 2 aromatic rings. The van der Waals surface area contributed by atoms with Crippen LogP contribution in [0.25, 0.3) is 0 Å². The molecule has 4 aliphatic rings. The smallest absolute Gasteiger partial charge is 0.262 e. The molecule has 1 saturated carbocycles. The van der Waals surface area contributed by atoms with Crippen molar-refractivity contribution in [3.05, 3.63) is 70.3 Å². The molecule has 1 fully saturated rings. The van der Waals surface area contributed by atoms with Gasteiger partial charge in [-0.25, -0.2) is 4.21 Å². The summed E-state index contributed by atoms with van der Waals surface area (Å²) in [7, 11) is -2.88. The molecule has 2 aromatic carbocycles. The molecular weight excluding hydrogens is 544 g/mol. The highest BCUT2D eigenvalue weighted by Crippen LogP contribution is 2.46. The zero-order chi connectivity index (χ0) is 28.1. The summed E-state index contributed by atoms with van der Waals surface area (Å²) < 4.78 is 22.6. The molecule has 214 valence electrons. The van der Waals surface area contributed by atoms with Gasteiger partial charge >= 0.3 is 0 Å². The summed E-state index contributed by atoms with van der Waals surface area (Å²) in [4.78, 5) is 15.7. The predicted octanol–water partition coefficient (Wildman–Crippen LogP) is 5.30. The van der Waals surface area contributed by atoms with E-state index in [1.165, 1.54) is 11.1 Å². The van der Waals surface area contributed by atoms with E-state index < -0.39 is 15.8 Å². The number of carbonyl (C=O) groups excluding carboxylic acids is 1. The monoisotopic (exact) mass is 582 g/mol. The Bertz CT molecular complexity index is 1440. The SMILES string of the molecule is C=S1(=O)NC(=O)c2ccc3c(c2)N(C[C@@H]2CC[C@H]2[C@@H](O)C/C=C\C[C@H]1C)C[C@@]1(CCCc2cc(Cl)ccc21)CO3. The molecule has 8 heteroatoms. The van der Waals surface area contributed by atoms with Gasteiger partial charge in [-0.15, -0.1) is 0 Å². The number of nitrogens with one attached hydrogen (secondary N) is 1. The number of amides is 1. The molecule has 40 heavy (non-hydrogen) atoms. The van der Waals surface area contributed by atoms with Crippen molar-refractivity contribution in [1.29, 1.82) is 0 Å². The summed E-state index contributed by atoms with van der Waals surface area (Å²) in [6.45, 7) is 3.91. The third kappa shape index (κ3) is 5.17. The van der Waals surface area contributed by atoms with Crippen molar-refractivity contribution >= 4 is 38.8 Å². The quantitative estimate of drug-likeness (QED) is 0.326. The third-order valence-corrected chi connectivity index (χ3v) is 11.9. The zero-order valence-electron chi connectivity index (χ0n) is 23.1. The van der Waals surface area contributed by atoms with E-state index in [4.69, 9.17) is 16.3 Å². The normalized spacial score (nSPS) is 34.9. The van der Waals surface area contributed by atoms with Crippen LogP contribution in [0, 0.1) is 11.8 Å². The second kappa shape index (κ2) is 10.7. The van der Waals surface area contributed by atoms with Crippen molar-refractivity contribution in [1.82, 2.24) is 4.72 Å². The van der Waals surface area contributed by atoms with Crippen molar-refractivity contribution in [3.63, 3.8) is 0 Å². The van der Waals surface area contributed by atoms with Gasteiger partial charge in [-0.1, -0.05) is 29.8 Å². The number of aliphatic hydroxyl groups excluding tert-OH is 1. The average Bonchev–Trinajstić information content (AvgIpc) is 3.05. The van der Waals surface area contributed by atoms with Gasteiger partial charge in [-0.2, -0.15) is 0 Å². The van der Waals surface area contributed by atoms with E-state index in [1.807, 2.05) is 37.3 Å². The Balaban J connectivity index is 1.42. The number of anilines is 1. The minimum atomic E-state index is -2.88. The van der Waals surface area contributed by atoms with Crippen LogP contribution >= 0.6 is 11.6 Å². The van der Waals surface area contributed by atoms with E-state index >= 15 is 0 Å². The van der Waals surface area contributed by atoms with Crippen LogP contribution < -0.4 is 14.4 Å². The first-order valence-electron chi connectivity index (χ1n) is 14.5. The van der Waals surface area contributed by atoms with Crippen LogP contribution in [-0.4, -0.2) is 52.1 Å². The van der Waals surface area contributed by atoms with Crippen LogP contribution in [0.15, 0.2) is 48.6 Å². The molecule has 2 heterocycles. The van der Waals surface area contributed by atoms with Crippen LogP contribution in [0.4, 0.5) is 5.69 Å². The van der Waals surface area contributed by atoms with Gasteiger partial charge in [0.15, 0.2) is 0 Å². The minimum Gasteiger partial charge on any atom is -0.490 e. The van der Waals surface area contributed by atoms with Gasteiger partial charge in [0, 0.05) is 34.3 Å². The molecule has 6 atom stereocenters. The lowest BCUT2D eigenvalue weighted by Crippen LogP contribution is -2.49. The predicted molar refractivity (Wildman–Crippen MR) is 163 cm³/mol. The number of nitrogens with zero attached hydrogens (tertiary/aromatic N) is 1. The van der Waals surface area contributed by atoms with Gasteiger partial charge < -0.3 is 14.7 Å². The van der Waals surface area contributed by atoms with Gasteiger partial charge in [0.05, 0.1) is 28.1 Å². The zero-order valence-corrected chi connectivity index (χ0v) is 24.7. The van der Waals surface area contributed by atoms with Gasteiger partial charge in [-0.3, -0.25) is 9.52 Å². The van der Waals surface area contributed by atoms with Crippen molar-refractivity contribution in [2.75, 3.05) is 24.6 Å².